The summed E-state index contributed by atoms with van der Waals surface area (Å²) in [5, 5.41) is 5.31. The quantitative estimate of drug-likeness (QED) is 0.436. The molecule has 8 nitrogen and oxygen atoms in total. The maximum absolute atomic E-state index is 15.0. The molecular weight excluding hydrogens is 470 g/mol. The van der Waals surface area contributed by atoms with Crippen LogP contribution in [0.1, 0.15) is 27.5 Å². The SMILES string of the molecule is CN(C(=O)c1cc2c(cc1F)nc(N)c1c2cnn1C)C1COCc2cc(OC(F)(F)F)ccc21. The van der Waals surface area contributed by atoms with Crippen molar-refractivity contribution in [1.29, 1.82) is 0 Å². The third-order valence-electron chi connectivity index (χ3n) is 6.06. The van der Waals surface area contributed by atoms with Crippen LogP contribution < -0.4 is 10.5 Å². The zero-order valence-electron chi connectivity index (χ0n) is 18.6. The van der Waals surface area contributed by atoms with Gasteiger partial charge in [0.2, 0.25) is 0 Å². The van der Waals surface area contributed by atoms with E-state index in [9.17, 15) is 18.0 Å². The number of nitrogens with zero attached hydrogens (tertiary/aromatic N) is 4. The lowest BCUT2D eigenvalue weighted by molar-refractivity contribution is -0.274. The summed E-state index contributed by atoms with van der Waals surface area (Å²) in [5.74, 6) is -1.61. The fraction of sp³-hybridized carbons (Fsp3) is 0.261. The van der Waals surface area contributed by atoms with E-state index >= 15 is 4.39 Å². The molecule has 12 heteroatoms. The molecule has 2 aromatic carbocycles. The summed E-state index contributed by atoms with van der Waals surface area (Å²) < 4.78 is 63.8. The molecule has 0 fully saturated rings. The van der Waals surface area contributed by atoms with Crippen LogP contribution in [0, 0.1) is 5.82 Å². The predicted molar refractivity (Wildman–Crippen MR) is 118 cm³/mol. The summed E-state index contributed by atoms with van der Waals surface area (Å²) in [7, 11) is 3.18. The van der Waals surface area contributed by atoms with Crippen LogP contribution >= 0.6 is 0 Å². The van der Waals surface area contributed by atoms with E-state index in [0.29, 0.717) is 27.4 Å². The van der Waals surface area contributed by atoms with Gasteiger partial charge in [0.15, 0.2) is 0 Å². The molecule has 182 valence electrons. The number of fused-ring (bicyclic) bond motifs is 4. The Morgan fingerprint density at radius 2 is 2.03 bits per heavy atom. The molecule has 2 N–H and O–H groups in total. The Labute approximate surface area is 195 Å². The highest BCUT2D eigenvalue weighted by Gasteiger charge is 2.33. The number of pyridine rings is 1. The Bertz CT molecular complexity index is 1480. The van der Waals surface area contributed by atoms with Gasteiger partial charge < -0.3 is 20.1 Å². The van der Waals surface area contributed by atoms with Crippen molar-refractivity contribution in [2.45, 2.75) is 19.0 Å². The van der Waals surface area contributed by atoms with Gasteiger partial charge in [-0.05, 0) is 29.3 Å². The first-order valence-corrected chi connectivity index (χ1v) is 10.5. The summed E-state index contributed by atoms with van der Waals surface area (Å²) in [6.07, 6.45) is -3.26. The Morgan fingerprint density at radius 3 is 2.77 bits per heavy atom. The molecule has 0 saturated heterocycles. The minimum absolute atomic E-state index is 0.0549. The number of amides is 1. The first-order valence-electron chi connectivity index (χ1n) is 10.5. The third kappa shape index (κ3) is 3.99. The molecule has 1 unspecified atom stereocenters. The van der Waals surface area contributed by atoms with E-state index in [2.05, 4.69) is 14.8 Å². The van der Waals surface area contributed by atoms with Crippen LogP contribution in [-0.4, -0.2) is 45.6 Å². The van der Waals surface area contributed by atoms with Crippen LogP contribution in [0.5, 0.6) is 5.75 Å². The number of hydrogen-bond acceptors (Lipinski definition) is 6. The minimum atomic E-state index is -4.83. The van der Waals surface area contributed by atoms with Gasteiger partial charge in [0.1, 0.15) is 22.9 Å². The van der Waals surface area contributed by atoms with Crippen molar-refractivity contribution in [2.75, 3.05) is 19.4 Å². The monoisotopic (exact) mass is 489 g/mol. The Balaban J connectivity index is 1.52. The lowest BCUT2D eigenvalue weighted by Gasteiger charge is -2.33. The molecule has 5 rings (SSSR count). The van der Waals surface area contributed by atoms with Gasteiger partial charge in [-0.25, -0.2) is 9.37 Å². The van der Waals surface area contributed by atoms with Crippen molar-refractivity contribution in [3.8, 4) is 5.75 Å². The van der Waals surface area contributed by atoms with Crippen LogP contribution in [0.3, 0.4) is 0 Å². The van der Waals surface area contributed by atoms with Gasteiger partial charge in [0, 0.05) is 30.9 Å². The number of halogens is 4. The van der Waals surface area contributed by atoms with Crippen molar-refractivity contribution in [1.82, 2.24) is 19.7 Å². The lowest BCUT2D eigenvalue weighted by Crippen LogP contribution is -2.36. The smallest absolute Gasteiger partial charge is 0.406 e. The molecule has 2 aromatic heterocycles. The molecule has 4 aromatic rings. The van der Waals surface area contributed by atoms with E-state index in [1.165, 1.54) is 36.2 Å². The van der Waals surface area contributed by atoms with E-state index in [4.69, 9.17) is 10.5 Å². The van der Waals surface area contributed by atoms with E-state index in [0.717, 1.165) is 6.07 Å². The average molecular weight is 489 g/mol. The molecule has 0 radical (unpaired) electrons. The maximum atomic E-state index is 15.0. The number of rotatable bonds is 3. The Kier molecular flexibility index (Phi) is 5.28. The standard InChI is InChI=1S/C23H19F4N5O3/c1-31(19-10-34-9-11-5-12(3-4-13(11)19)35-23(25,26)27)22(33)15-6-14-16-8-29-32(2)20(16)21(28)30-18(14)7-17(15)24/h3-8,19H,9-10H2,1-2H3,(H2,28,30). The Hall–Kier alpha value is -3.93. The second-order valence-corrected chi connectivity index (χ2v) is 8.23. The number of alkyl halides is 3. The van der Waals surface area contributed by atoms with Crippen LogP contribution in [0.4, 0.5) is 23.4 Å². The highest BCUT2D eigenvalue weighted by molar-refractivity contribution is 6.10. The number of benzene rings is 2. The van der Waals surface area contributed by atoms with Crippen molar-refractivity contribution in [2.24, 2.45) is 7.05 Å². The summed E-state index contributed by atoms with van der Waals surface area (Å²) in [5.41, 5.74) is 7.67. The van der Waals surface area contributed by atoms with Crippen molar-refractivity contribution < 1.29 is 31.8 Å². The van der Waals surface area contributed by atoms with Gasteiger partial charge in [-0.2, -0.15) is 5.10 Å². The summed E-state index contributed by atoms with van der Waals surface area (Å²) in [6, 6.07) is 5.75. The van der Waals surface area contributed by atoms with Gasteiger partial charge in [-0.15, -0.1) is 13.2 Å². The topological polar surface area (TPSA) is 95.5 Å². The van der Waals surface area contributed by atoms with Crippen molar-refractivity contribution in [3.63, 3.8) is 0 Å². The highest BCUT2D eigenvalue weighted by Crippen LogP contribution is 2.35. The number of aromatic nitrogens is 3. The molecule has 1 aliphatic rings. The van der Waals surface area contributed by atoms with Gasteiger partial charge in [-0.1, -0.05) is 6.07 Å². The van der Waals surface area contributed by atoms with E-state index < -0.39 is 24.1 Å². The van der Waals surface area contributed by atoms with Crippen LogP contribution in [0.25, 0.3) is 21.8 Å². The van der Waals surface area contributed by atoms with Gasteiger partial charge in [-0.3, -0.25) is 9.48 Å². The van der Waals surface area contributed by atoms with E-state index in [1.807, 2.05) is 0 Å². The minimum Gasteiger partial charge on any atom is -0.406 e. The molecule has 1 aliphatic heterocycles. The number of anilines is 1. The lowest BCUT2D eigenvalue weighted by atomic mass is 9.97. The molecule has 1 amide bonds. The fourth-order valence-corrected chi connectivity index (χ4v) is 4.41. The highest BCUT2D eigenvalue weighted by atomic mass is 19.4. The molecule has 0 aliphatic carbocycles. The number of carbonyl (C=O) groups excluding carboxylic acids is 1. The predicted octanol–water partition coefficient (Wildman–Crippen LogP) is 4.08. The second kappa shape index (κ2) is 8.08. The molecule has 0 saturated carbocycles. The normalized spacial score (nSPS) is 15.9. The average Bonchev–Trinajstić information content (AvgIpc) is 3.18. The van der Waals surface area contributed by atoms with E-state index in [-0.39, 0.29) is 35.9 Å². The molecule has 1 atom stereocenters. The second-order valence-electron chi connectivity index (χ2n) is 8.23. The third-order valence-corrected chi connectivity index (χ3v) is 6.06. The fourth-order valence-electron chi connectivity index (χ4n) is 4.41. The number of likely N-dealkylation sites (N-methyl/N-ethyl adjacent to an activating group) is 1. The number of nitrogens with two attached hydrogens (primary N) is 1. The van der Waals surface area contributed by atoms with Crippen molar-refractivity contribution >= 4 is 33.5 Å². The first-order chi connectivity index (χ1) is 16.5. The maximum Gasteiger partial charge on any atom is 0.573 e. The van der Waals surface area contributed by atoms with Gasteiger partial charge in [0.25, 0.3) is 5.91 Å². The number of carbonyl (C=O) groups is 1. The molecule has 35 heavy (non-hydrogen) atoms. The van der Waals surface area contributed by atoms with Crippen LogP contribution in [0.2, 0.25) is 0 Å². The van der Waals surface area contributed by atoms with Gasteiger partial charge in [0.05, 0.1) is 36.5 Å². The molecule has 0 bridgehead atoms. The van der Waals surface area contributed by atoms with E-state index in [1.54, 1.807) is 17.9 Å². The zero-order chi connectivity index (χ0) is 25.1. The van der Waals surface area contributed by atoms with Crippen LogP contribution in [0.15, 0.2) is 36.5 Å². The number of aryl methyl sites for hydroxylation is 1. The number of ether oxygens (including phenoxy) is 2. The molecule has 3 heterocycles. The summed E-state index contributed by atoms with van der Waals surface area (Å²) in [6.45, 7) is 0.147. The summed E-state index contributed by atoms with van der Waals surface area (Å²) >= 11 is 0. The molecular formula is C23H19F4N5O3. The zero-order valence-corrected chi connectivity index (χ0v) is 18.6. The Morgan fingerprint density at radius 1 is 1.26 bits per heavy atom. The largest absolute Gasteiger partial charge is 0.573 e. The van der Waals surface area contributed by atoms with Crippen molar-refractivity contribution in [3.05, 3.63) is 59.0 Å². The number of nitrogen functional groups attached to an aromatic ring is 1. The summed E-state index contributed by atoms with van der Waals surface area (Å²) in [4.78, 5) is 18.9. The van der Waals surface area contributed by atoms with Crippen LogP contribution in [-0.2, 0) is 18.4 Å². The first kappa shape index (κ1) is 22.8. The molecule has 0 spiro atoms. The van der Waals surface area contributed by atoms with Gasteiger partial charge >= 0.3 is 6.36 Å². The number of hydrogen-bond donors (Lipinski definition) is 1.